The molecule has 0 aliphatic carbocycles. The van der Waals surface area contributed by atoms with E-state index in [1.165, 1.54) is 7.11 Å². The second-order valence-electron chi connectivity index (χ2n) is 13.4. The number of benzene rings is 2. The lowest BCUT2D eigenvalue weighted by Gasteiger charge is -2.27. The Kier molecular flexibility index (Phi) is 14.5. The van der Waals surface area contributed by atoms with Gasteiger partial charge in [0.15, 0.2) is 0 Å². The summed E-state index contributed by atoms with van der Waals surface area (Å²) in [7, 11) is -6.82. The van der Waals surface area contributed by atoms with Crippen LogP contribution in [0.5, 0.6) is 0 Å². The molecule has 2 aromatic rings. The molecule has 52 heavy (non-hydrogen) atoms. The van der Waals surface area contributed by atoms with Crippen LogP contribution in [0.15, 0.2) is 95.7 Å². The SMILES string of the molecule is COC(=O)c1cccc(C(C)(C)C(/C=C/C=C/C=C/C=C2/N(CCCCS(=O)(=O)O)c3ccc(C(=O)O)cc3C2(C)C)=NCCCCS(=O)(=O)O)c1. The lowest BCUT2D eigenvalue weighted by Crippen LogP contribution is -2.28. The zero-order chi connectivity index (χ0) is 38.7. The Hall–Kier alpha value is -4.37. The lowest BCUT2D eigenvalue weighted by molar-refractivity contribution is 0.0599. The van der Waals surface area contributed by atoms with Gasteiger partial charge in [0, 0.05) is 41.0 Å². The van der Waals surface area contributed by atoms with E-state index in [0.29, 0.717) is 37.2 Å². The van der Waals surface area contributed by atoms with Crippen LogP contribution in [0.1, 0.15) is 85.2 Å². The molecule has 1 aliphatic rings. The number of aliphatic imine (C=N–C) groups is 1. The zero-order valence-corrected chi connectivity index (χ0v) is 31.8. The highest BCUT2D eigenvalue weighted by atomic mass is 32.2. The van der Waals surface area contributed by atoms with Crippen LogP contribution >= 0.6 is 0 Å². The van der Waals surface area contributed by atoms with Crippen molar-refractivity contribution in [1.29, 1.82) is 0 Å². The van der Waals surface area contributed by atoms with E-state index in [9.17, 15) is 31.5 Å². The predicted molar refractivity (Wildman–Crippen MR) is 204 cm³/mol. The number of unbranched alkanes of at least 4 members (excludes halogenated alkanes) is 2. The molecule has 0 radical (unpaired) electrons. The van der Waals surface area contributed by atoms with Crippen LogP contribution in [0.3, 0.4) is 0 Å². The van der Waals surface area contributed by atoms with Crippen molar-refractivity contribution in [2.75, 3.05) is 36.6 Å². The van der Waals surface area contributed by atoms with Gasteiger partial charge < -0.3 is 14.7 Å². The monoisotopic (exact) mass is 756 g/mol. The van der Waals surface area contributed by atoms with Gasteiger partial charge in [-0.3, -0.25) is 14.1 Å². The minimum atomic E-state index is -4.08. The smallest absolute Gasteiger partial charge is 0.337 e. The molecule has 0 atom stereocenters. The molecule has 0 fully saturated rings. The Morgan fingerprint density at radius 3 is 2.13 bits per heavy atom. The second kappa shape index (κ2) is 17.9. The molecular weight excluding hydrogens is 709 g/mol. The van der Waals surface area contributed by atoms with Crippen LogP contribution in [0.25, 0.3) is 0 Å². The maximum atomic E-state index is 12.2. The van der Waals surface area contributed by atoms with Crippen molar-refractivity contribution in [3.63, 3.8) is 0 Å². The summed E-state index contributed by atoms with van der Waals surface area (Å²) in [5.41, 5.74) is 3.46. The van der Waals surface area contributed by atoms with E-state index < -0.39 is 43.0 Å². The zero-order valence-electron chi connectivity index (χ0n) is 30.2. The summed E-state index contributed by atoms with van der Waals surface area (Å²) >= 11 is 0. The minimum Gasteiger partial charge on any atom is -0.478 e. The fourth-order valence-corrected chi connectivity index (χ4v) is 7.08. The molecule has 1 aliphatic heterocycles. The number of hydrogen-bond donors (Lipinski definition) is 3. The standard InChI is InChI=1S/C38H48N2O10S2/c1-37(2,30-17-15-16-29(26-30)36(43)50-5)33(39-22-11-13-24-51(44,45)46)18-9-7-6-8-10-19-34-38(3,4)31-27-28(35(41)42)20-21-32(31)40(34)23-12-14-25-52(47,48)49/h6-10,15-21,26-27H,11-14,22-25H2,1-5H3,(H,41,42)(H,44,45,46)(H,47,48,49)/b7-6+,10-8+,18-9+,34-19+,39-33?. The highest BCUT2D eigenvalue weighted by molar-refractivity contribution is 7.86. The first kappa shape index (κ1) is 42.0. The van der Waals surface area contributed by atoms with E-state index in [4.69, 9.17) is 18.8 Å². The van der Waals surface area contributed by atoms with Crippen molar-refractivity contribution in [1.82, 2.24) is 0 Å². The highest BCUT2D eigenvalue weighted by Gasteiger charge is 2.40. The Morgan fingerprint density at radius 2 is 1.50 bits per heavy atom. The van der Waals surface area contributed by atoms with Gasteiger partial charge in [-0.2, -0.15) is 16.8 Å². The normalized spacial score (nSPS) is 16.0. The first-order chi connectivity index (χ1) is 24.3. The van der Waals surface area contributed by atoms with Gasteiger partial charge in [0.1, 0.15) is 0 Å². The summed E-state index contributed by atoms with van der Waals surface area (Å²) in [5.74, 6) is -2.18. The number of rotatable bonds is 18. The molecule has 0 amide bonds. The van der Waals surface area contributed by atoms with Gasteiger partial charge in [0.25, 0.3) is 20.2 Å². The number of nitrogens with zero attached hydrogens (tertiary/aromatic N) is 2. The van der Waals surface area contributed by atoms with Crippen LogP contribution in [-0.2, 0) is 35.8 Å². The Balaban J connectivity index is 1.86. The molecule has 0 aromatic heterocycles. The number of carboxylic acid groups (broad SMARTS) is 1. The van der Waals surface area contributed by atoms with E-state index in [-0.39, 0.29) is 29.9 Å². The summed E-state index contributed by atoms with van der Waals surface area (Å²) in [4.78, 5) is 30.7. The Labute approximate surface area is 306 Å². The molecule has 0 saturated carbocycles. The lowest BCUT2D eigenvalue weighted by atomic mass is 9.79. The third-order valence-corrected chi connectivity index (χ3v) is 10.5. The van der Waals surface area contributed by atoms with Gasteiger partial charge in [-0.05, 0) is 79.3 Å². The van der Waals surface area contributed by atoms with E-state index in [2.05, 4.69) is 4.90 Å². The number of allylic oxidation sites excluding steroid dienone is 8. The average molecular weight is 757 g/mol. The summed E-state index contributed by atoms with van der Waals surface area (Å²) < 4.78 is 67.9. The number of aromatic carboxylic acids is 1. The number of anilines is 1. The maximum absolute atomic E-state index is 12.2. The molecule has 0 spiro atoms. The molecule has 0 bridgehead atoms. The van der Waals surface area contributed by atoms with Gasteiger partial charge in [0.2, 0.25) is 0 Å². The maximum Gasteiger partial charge on any atom is 0.337 e. The largest absolute Gasteiger partial charge is 0.478 e. The first-order valence-electron chi connectivity index (χ1n) is 16.8. The second-order valence-corrected chi connectivity index (χ2v) is 16.6. The Bertz CT molecular complexity index is 1990. The average Bonchev–Trinajstić information content (AvgIpc) is 3.28. The number of hydrogen-bond acceptors (Lipinski definition) is 9. The first-order valence-corrected chi connectivity index (χ1v) is 20.0. The van der Waals surface area contributed by atoms with Crippen molar-refractivity contribution >= 4 is 43.6 Å². The number of carbonyl (C=O) groups excluding carboxylic acids is 1. The molecule has 14 heteroatoms. The fraction of sp³-hybridized carbons (Fsp3) is 0.395. The van der Waals surface area contributed by atoms with E-state index >= 15 is 0 Å². The van der Waals surface area contributed by atoms with Gasteiger partial charge in [-0.15, -0.1) is 0 Å². The van der Waals surface area contributed by atoms with Crippen molar-refractivity contribution in [2.24, 2.45) is 4.99 Å². The van der Waals surface area contributed by atoms with E-state index in [0.717, 1.165) is 22.5 Å². The number of esters is 1. The molecule has 3 N–H and O–H groups in total. The summed E-state index contributed by atoms with van der Waals surface area (Å²) in [6.45, 7) is 8.73. The van der Waals surface area contributed by atoms with Gasteiger partial charge in [-0.25, -0.2) is 9.59 Å². The Morgan fingerprint density at radius 1 is 0.865 bits per heavy atom. The summed E-state index contributed by atoms with van der Waals surface area (Å²) in [5, 5.41) is 9.59. The summed E-state index contributed by atoms with van der Waals surface area (Å²) in [6.07, 6.45) is 14.4. The summed E-state index contributed by atoms with van der Waals surface area (Å²) in [6, 6.07) is 12.1. The van der Waals surface area contributed by atoms with E-state index in [1.54, 1.807) is 36.4 Å². The van der Waals surface area contributed by atoms with E-state index in [1.807, 2.05) is 76.3 Å². The van der Waals surface area contributed by atoms with Gasteiger partial charge in [0.05, 0.1) is 29.7 Å². The molecule has 12 nitrogen and oxygen atoms in total. The van der Waals surface area contributed by atoms with Crippen LogP contribution < -0.4 is 4.90 Å². The highest BCUT2D eigenvalue weighted by Crippen LogP contribution is 2.48. The van der Waals surface area contributed by atoms with Crippen molar-refractivity contribution < 1.29 is 45.4 Å². The molecular formula is C38H48N2O10S2. The van der Waals surface area contributed by atoms with Crippen LogP contribution in [0.2, 0.25) is 0 Å². The van der Waals surface area contributed by atoms with Crippen molar-refractivity contribution in [3.8, 4) is 0 Å². The number of ether oxygens (including phenoxy) is 1. The molecule has 3 rings (SSSR count). The molecule has 1 heterocycles. The quantitative estimate of drug-likeness (QED) is 0.0490. The van der Waals surface area contributed by atoms with Crippen LogP contribution in [0.4, 0.5) is 5.69 Å². The van der Waals surface area contributed by atoms with Crippen molar-refractivity contribution in [3.05, 3.63) is 113 Å². The minimum absolute atomic E-state index is 0.171. The fourth-order valence-electron chi connectivity index (χ4n) is 5.94. The number of fused-ring (bicyclic) bond motifs is 1. The number of carboxylic acids is 1. The predicted octanol–water partition coefficient (Wildman–Crippen LogP) is 6.58. The molecule has 0 saturated heterocycles. The molecule has 0 unspecified atom stereocenters. The van der Waals surface area contributed by atoms with Crippen LogP contribution in [-0.4, -0.2) is 80.4 Å². The molecule has 2 aromatic carbocycles. The number of methoxy groups -OCH3 is 1. The van der Waals surface area contributed by atoms with Gasteiger partial charge >= 0.3 is 11.9 Å². The third-order valence-electron chi connectivity index (χ3n) is 8.86. The topological polar surface area (TPSA) is 188 Å². The number of carbonyl (C=O) groups is 2. The molecule has 282 valence electrons. The van der Waals surface area contributed by atoms with Crippen molar-refractivity contribution in [2.45, 2.75) is 64.2 Å². The third kappa shape index (κ3) is 11.8. The van der Waals surface area contributed by atoms with Crippen LogP contribution in [0, 0.1) is 0 Å². The van der Waals surface area contributed by atoms with Gasteiger partial charge in [-0.1, -0.05) is 70.2 Å².